The first kappa shape index (κ1) is 13.9. The van der Waals surface area contributed by atoms with Crippen molar-refractivity contribution >= 4 is 17.0 Å². The van der Waals surface area contributed by atoms with Crippen molar-refractivity contribution in [1.29, 1.82) is 0 Å². The summed E-state index contributed by atoms with van der Waals surface area (Å²) in [6, 6.07) is 19.1. The van der Waals surface area contributed by atoms with E-state index in [0.717, 1.165) is 16.9 Å². The molecule has 0 amide bonds. The van der Waals surface area contributed by atoms with Crippen LogP contribution in [0.25, 0.3) is 11.1 Å². The quantitative estimate of drug-likeness (QED) is 0.661. The topological polar surface area (TPSA) is 68.7 Å². The minimum Gasteiger partial charge on any atom is -0.507 e. The molecule has 2 aromatic carbocycles. The molecule has 0 saturated heterocycles. The van der Waals surface area contributed by atoms with Crippen LogP contribution in [-0.2, 0) is 0 Å². The maximum absolute atomic E-state index is 10.3. The Morgan fingerprint density at radius 3 is 2.23 bits per heavy atom. The molecule has 2 N–H and O–H groups in total. The van der Waals surface area contributed by atoms with Crippen LogP contribution < -0.4 is 5.32 Å². The van der Waals surface area contributed by atoms with E-state index in [0.29, 0.717) is 17.7 Å². The number of nitrogens with one attached hydrogen (secondary N) is 1. The molecule has 0 bridgehead atoms. The highest BCUT2D eigenvalue weighted by molar-refractivity contribution is 6.23. The molecule has 108 valence electrons. The van der Waals surface area contributed by atoms with Crippen molar-refractivity contribution in [3.05, 3.63) is 89.3 Å². The maximum Gasteiger partial charge on any atom is 0.309 e. The van der Waals surface area contributed by atoms with E-state index >= 15 is 0 Å². The number of allylic oxidation sites excluding steroid dienone is 3. The molecule has 0 saturated carbocycles. The average Bonchev–Trinajstić information content (AvgIpc) is 2.56. The SMILES string of the molecule is [N-]=[N+]=C1CC(Nc2ccccc2)=CC(O)=C1c1ccccc1. The first-order valence-electron chi connectivity index (χ1n) is 7.00. The second-order valence-electron chi connectivity index (χ2n) is 5.01. The summed E-state index contributed by atoms with van der Waals surface area (Å²) in [5.74, 6) is 0.0867. The van der Waals surface area contributed by atoms with E-state index in [9.17, 15) is 10.6 Å². The van der Waals surface area contributed by atoms with Gasteiger partial charge in [0.05, 0.1) is 6.42 Å². The summed E-state index contributed by atoms with van der Waals surface area (Å²) in [4.78, 5) is 3.37. The fourth-order valence-electron chi connectivity index (χ4n) is 2.50. The molecule has 0 spiro atoms. The Morgan fingerprint density at radius 2 is 1.59 bits per heavy atom. The second-order valence-corrected chi connectivity index (χ2v) is 5.01. The highest BCUT2D eigenvalue weighted by atomic mass is 16.3. The van der Waals surface area contributed by atoms with Crippen LogP contribution in [0.15, 0.2) is 78.2 Å². The van der Waals surface area contributed by atoms with E-state index in [1.165, 1.54) is 0 Å². The summed E-state index contributed by atoms with van der Waals surface area (Å²) < 4.78 is 0. The van der Waals surface area contributed by atoms with Gasteiger partial charge >= 0.3 is 5.71 Å². The molecule has 22 heavy (non-hydrogen) atoms. The van der Waals surface area contributed by atoms with Crippen molar-refractivity contribution in [1.82, 2.24) is 0 Å². The number of aliphatic hydroxyl groups excluding tert-OH is 1. The lowest BCUT2D eigenvalue weighted by Gasteiger charge is -2.15. The molecular formula is C18H15N3O. The van der Waals surface area contributed by atoms with Gasteiger partial charge in [0.25, 0.3) is 0 Å². The van der Waals surface area contributed by atoms with Crippen LogP contribution in [0.5, 0.6) is 0 Å². The molecular weight excluding hydrogens is 274 g/mol. The number of rotatable bonds is 3. The summed E-state index contributed by atoms with van der Waals surface area (Å²) in [5, 5.41) is 13.6. The third kappa shape index (κ3) is 2.82. The second kappa shape index (κ2) is 6.12. The zero-order chi connectivity index (χ0) is 15.4. The van der Waals surface area contributed by atoms with Gasteiger partial charge in [-0.2, -0.15) is 4.79 Å². The van der Waals surface area contributed by atoms with Crippen LogP contribution in [-0.4, -0.2) is 15.6 Å². The Balaban J connectivity index is 1.97. The fourth-order valence-corrected chi connectivity index (χ4v) is 2.50. The van der Waals surface area contributed by atoms with Gasteiger partial charge < -0.3 is 16.0 Å². The normalized spacial score (nSPS) is 14.4. The Labute approximate surface area is 128 Å². The molecule has 0 aromatic heterocycles. The summed E-state index contributed by atoms with van der Waals surface area (Å²) in [6.07, 6.45) is 2.09. The minimum absolute atomic E-state index is 0.0867. The van der Waals surface area contributed by atoms with Crippen LogP contribution in [0, 0.1) is 0 Å². The molecule has 4 nitrogen and oxygen atoms in total. The Bertz CT molecular complexity index is 786. The molecule has 0 atom stereocenters. The van der Waals surface area contributed by atoms with Crippen molar-refractivity contribution in [3.63, 3.8) is 0 Å². The molecule has 3 rings (SSSR count). The monoisotopic (exact) mass is 289 g/mol. The number of hydrogen-bond acceptors (Lipinski definition) is 2. The number of nitrogens with zero attached hydrogens (tertiary/aromatic N) is 2. The van der Waals surface area contributed by atoms with Crippen molar-refractivity contribution in [2.45, 2.75) is 6.42 Å². The molecule has 0 radical (unpaired) electrons. The number of hydrogen-bond donors (Lipinski definition) is 2. The minimum atomic E-state index is 0.0867. The Hall–Kier alpha value is -3.10. The summed E-state index contributed by atoms with van der Waals surface area (Å²) in [5.41, 5.74) is 12.8. The molecule has 4 heteroatoms. The largest absolute Gasteiger partial charge is 0.507 e. The van der Waals surface area contributed by atoms with Gasteiger partial charge in [-0.05, 0) is 17.7 Å². The zero-order valence-corrected chi connectivity index (χ0v) is 11.9. The van der Waals surface area contributed by atoms with Crippen LogP contribution >= 0.6 is 0 Å². The van der Waals surface area contributed by atoms with E-state index in [-0.39, 0.29) is 5.76 Å². The van der Waals surface area contributed by atoms with Crippen LogP contribution in [0.3, 0.4) is 0 Å². The van der Waals surface area contributed by atoms with Crippen molar-refractivity contribution < 1.29 is 9.90 Å². The van der Waals surface area contributed by atoms with E-state index < -0.39 is 0 Å². The fraction of sp³-hybridized carbons (Fsp3) is 0.0556. The first-order valence-corrected chi connectivity index (χ1v) is 7.00. The molecule has 0 fully saturated rings. The van der Waals surface area contributed by atoms with Gasteiger partial charge in [-0.1, -0.05) is 48.5 Å². The highest BCUT2D eigenvalue weighted by Crippen LogP contribution is 2.28. The van der Waals surface area contributed by atoms with Crippen LogP contribution in [0.1, 0.15) is 12.0 Å². The van der Waals surface area contributed by atoms with Crippen molar-refractivity contribution in [3.8, 4) is 0 Å². The third-order valence-electron chi connectivity index (χ3n) is 3.48. The van der Waals surface area contributed by atoms with E-state index in [4.69, 9.17) is 0 Å². The lowest BCUT2D eigenvalue weighted by molar-refractivity contribution is -0.00485. The van der Waals surface area contributed by atoms with Gasteiger partial charge in [0.15, 0.2) is 0 Å². The van der Waals surface area contributed by atoms with E-state index in [1.807, 2.05) is 60.7 Å². The number of anilines is 1. The number of aliphatic hydroxyl groups is 1. The standard InChI is InChI=1S/C18H15N3O/c19-21-16-11-15(20-14-9-5-2-6-10-14)12-17(22)18(16)13-7-3-1-4-8-13/h1-10,12,20,22H,11H2. The molecule has 0 aliphatic heterocycles. The smallest absolute Gasteiger partial charge is 0.309 e. The molecule has 0 heterocycles. The Kier molecular flexibility index (Phi) is 3.86. The third-order valence-corrected chi connectivity index (χ3v) is 3.48. The van der Waals surface area contributed by atoms with Crippen LogP contribution in [0.2, 0.25) is 0 Å². The summed E-state index contributed by atoms with van der Waals surface area (Å²) in [6.45, 7) is 0. The first-order chi connectivity index (χ1) is 10.8. The van der Waals surface area contributed by atoms with Gasteiger partial charge in [0.2, 0.25) is 0 Å². The van der Waals surface area contributed by atoms with Gasteiger partial charge in [0.1, 0.15) is 11.3 Å². The zero-order valence-electron chi connectivity index (χ0n) is 11.9. The number of benzene rings is 2. The predicted molar refractivity (Wildman–Crippen MR) is 87.4 cm³/mol. The molecule has 2 aromatic rings. The lowest BCUT2D eigenvalue weighted by atomic mass is 9.92. The molecule has 1 aliphatic rings. The van der Waals surface area contributed by atoms with Gasteiger partial charge in [-0.15, -0.1) is 0 Å². The average molecular weight is 289 g/mol. The van der Waals surface area contributed by atoms with Crippen molar-refractivity contribution in [2.24, 2.45) is 0 Å². The van der Waals surface area contributed by atoms with Crippen molar-refractivity contribution in [2.75, 3.05) is 5.32 Å². The number of para-hydroxylation sites is 1. The van der Waals surface area contributed by atoms with Crippen LogP contribution in [0.4, 0.5) is 5.69 Å². The Morgan fingerprint density at radius 1 is 0.955 bits per heavy atom. The highest BCUT2D eigenvalue weighted by Gasteiger charge is 2.27. The summed E-state index contributed by atoms with van der Waals surface area (Å²) >= 11 is 0. The predicted octanol–water partition coefficient (Wildman–Crippen LogP) is 4.03. The van der Waals surface area contributed by atoms with E-state index in [2.05, 4.69) is 10.1 Å². The molecule has 1 aliphatic carbocycles. The van der Waals surface area contributed by atoms with Gasteiger partial charge in [-0.3, -0.25) is 0 Å². The van der Waals surface area contributed by atoms with E-state index in [1.54, 1.807) is 6.08 Å². The van der Waals surface area contributed by atoms with Gasteiger partial charge in [-0.25, -0.2) is 0 Å². The van der Waals surface area contributed by atoms with Gasteiger partial charge in [0, 0.05) is 17.5 Å². The maximum atomic E-state index is 10.3. The molecule has 0 unspecified atom stereocenters. The summed E-state index contributed by atoms with van der Waals surface area (Å²) in [7, 11) is 0. The lowest BCUT2D eigenvalue weighted by Crippen LogP contribution is -2.16.